The summed E-state index contributed by atoms with van der Waals surface area (Å²) < 4.78 is 36.4. The molecular weight excluding hydrogens is 390 g/mol. The molecule has 2 atom stereocenters. The zero-order valence-electron chi connectivity index (χ0n) is 15.8. The highest BCUT2D eigenvalue weighted by atomic mass is 32.2. The van der Waals surface area contributed by atoms with Gasteiger partial charge >= 0.3 is 18.1 Å². The average molecular weight is 413 g/mol. The minimum atomic E-state index is -4.24. The van der Waals surface area contributed by atoms with Crippen molar-refractivity contribution in [2.45, 2.75) is 36.8 Å². The molecule has 2 N–H and O–H groups in total. The Labute approximate surface area is 163 Å². The summed E-state index contributed by atoms with van der Waals surface area (Å²) in [4.78, 5) is 35.4. The summed E-state index contributed by atoms with van der Waals surface area (Å²) in [5, 5.41) is 4.90. The van der Waals surface area contributed by atoms with Crippen molar-refractivity contribution in [2.24, 2.45) is 0 Å². The van der Waals surface area contributed by atoms with Crippen LogP contribution in [0, 0.1) is 6.92 Å². The van der Waals surface area contributed by atoms with Gasteiger partial charge in [-0.05, 0) is 19.1 Å². The van der Waals surface area contributed by atoms with E-state index in [0.717, 1.165) is 5.56 Å². The van der Waals surface area contributed by atoms with Crippen LogP contribution in [0.1, 0.15) is 18.4 Å². The molecule has 1 aromatic carbocycles. The van der Waals surface area contributed by atoms with Crippen molar-refractivity contribution < 1.29 is 32.3 Å². The van der Waals surface area contributed by atoms with Crippen LogP contribution in [0.5, 0.6) is 0 Å². The smallest absolute Gasteiger partial charge is 0.424 e. The number of aryl methyl sites for hydroxylation is 1. The Balaban J connectivity index is 2.29. The molecule has 0 aliphatic carbocycles. The van der Waals surface area contributed by atoms with Crippen LogP contribution < -0.4 is 10.6 Å². The van der Waals surface area contributed by atoms with Crippen LogP contribution in [0.25, 0.3) is 0 Å². The number of hydrogen-bond donors (Lipinski definition) is 2. The van der Waals surface area contributed by atoms with E-state index in [4.69, 9.17) is 4.74 Å². The first-order valence-electron chi connectivity index (χ1n) is 8.54. The Kier molecular flexibility index (Phi) is 6.84. The van der Waals surface area contributed by atoms with Crippen molar-refractivity contribution in [3.8, 4) is 0 Å². The van der Waals surface area contributed by atoms with E-state index in [1.54, 1.807) is 19.1 Å². The van der Waals surface area contributed by atoms with Gasteiger partial charge < -0.3 is 20.1 Å². The van der Waals surface area contributed by atoms with Gasteiger partial charge in [-0.25, -0.2) is 18.0 Å². The van der Waals surface area contributed by atoms with Crippen LogP contribution in [-0.2, 0) is 24.3 Å². The van der Waals surface area contributed by atoms with E-state index in [0.29, 0.717) is 4.31 Å². The molecular formula is C17H23N3O7S. The number of carbonyl (C=O) groups is 3. The van der Waals surface area contributed by atoms with E-state index in [1.807, 2.05) is 0 Å². The Morgan fingerprint density at radius 1 is 1.25 bits per heavy atom. The fraction of sp³-hybridized carbons (Fsp3) is 0.471. The van der Waals surface area contributed by atoms with Gasteiger partial charge in [0.25, 0.3) is 10.0 Å². The molecule has 1 aliphatic rings. The van der Waals surface area contributed by atoms with Crippen LogP contribution >= 0.6 is 0 Å². The molecule has 0 spiro atoms. The lowest BCUT2D eigenvalue weighted by atomic mass is 10.1. The second kappa shape index (κ2) is 8.91. The van der Waals surface area contributed by atoms with Crippen LogP contribution in [0.15, 0.2) is 29.2 Å². The molecule has 1 fully saturated rings. The Morgan fingerprint density at radius 3 is 2.46 bits per heavy atom. The molecule has 1 heterocycles. The molecule has 3 amide bonds. The predicted octanol–water partition coefficient (Wildman–Crippen LogP) is 0.755. The van der Waals surface area contributed by atoms with Crippen LogP contribution in [0.4, 0.5) is 9.59 Å². The summed E-state index contributed by atoms with van der Waals surface area (Å²) in [6.45, 7) is 1.92. The maximum atomic E-state index is 13.0. The number of hydrogen-bond acceptors (Lipinski definition) is 7. The maximum Gasteiger partial charge on any atom is 0.424 e. The van der Waals surface area contributed by atoms with Gasteiger partial charge in [-0.3, -0.25) is 4.79 Å². The summed E-state index contributed by atoms with van der Waals surface area (Å²) in [6, 6.07) is 4.46. The molecule has 154 valence electrons. The number of amides is 3. The molecule has 0 radical (unpaired) electrons. The first-order chi connectivity index (χ1) is 13.2. The number of cyclic esters (lactones) is 1. The first kappa shape index (κ1) is 21.5. The molecule has 1 aromatic rings. The van der Waals surface area contributed by atoms with Crippen molar-refractivity contribution in [3.63, 3.8) is 0 Å². The normalized spacial score (nSPS) is 19.1. The summed E-state index contributed by atoms with van der Waals surface area (Å²) in [5.74, 6) is -0.684. The average Bonchev–Trinajstić information content (AvgIpc) is 2.97. The van der Waals surface area contributed by atoms with E-state index in [-0.39, 0.29) is 24.3 Å². The summed E-state index contributed by atoms with van der Waals surface area (Å²) in [7, 11) is -1.62. The maximum absolute atomic E-state index is 13.0. The third kappa shape index (κ3) is 4.71. The lowest BCUT2D eigenvalue weighted by Gasteiger charge is -2.23. The van der Waals surface area contributed by atoms with E-state index in [1.165, 1.54) is 26.3 Å². The summed E-state index contributed by atoms with van der Waals surface area (Å²) in [5.41, 5.74) is 0.854. The number of benzene rings is 1. The standard InChI is InChI=1S/C17H23N3O7S/c1-11-4-6-12(7-5-11)28(24,25)20-13(10-15(21)26-3)14(27-17(20)23)8-9-19-16(22)18-2/h4-7,13-14H,8-10H2,1-3H3,(H2,18,19,22)/t13-,14-/m1/s1. The third-order valence-corrected chi connectivity index (χ3v) is 6.09. The van der Waals surface area contributed by atoms with Gasteiger partial charge in [0.05, 0.1) is 24.5 Å². The number of ether oxygens (including phenoxy) is 2. The predicted molar refractivity (Wildman–Crippen MR) is 98.0 cm³/mol. The minimum Gasteiger partial charge on any atom is -0.469 e. The number of urea groups is 1. The SMILES string of the molecule is CNC(=O)NCC[C@H]1OC(=O)N(S(=O)(=O)c2ccc(C)cc2)[C@@H]1CC(=O)OC. The summed E-state index contributed by atoms with van der Waals surface area (Å²) >= 11 is 0. The number of nitrogens with one attached hydrogen (secondary N) is 2. The minimum absolute atomic E-state index is 0.0888. The number of nitrogens with zero attached hydrogens (tertiary/aromatic N) is 1. The van der Waals surface area contributed by atoms with Crippen LogP contribution in [0.3, 0.4) is 0 Å². The third-order valence-electron chi connectivity index (χ3n) is 4.29. The number of carbonyl (C=O) groups excluding carboxylic acids is 3. The number of esters is 1. The van der Waals surface area contributed by atoms with E-state index in [9.17, 15) is 22.8 Å². The summed E-state index contributed by atoms with van der Waals surface area (Å²) in [6.07, 6.45) is -2.22. The number of rotatable bonds is 7. The van der Waals surface area contributed by atoms with E-state index < -0.39 is 40.3 Å². The molecule has 28 heavy (non-hydrogen) atoms. The van der Waals surface area contributed by atoms with Gasteiger partial charge in [0.2, 0.25) is 0 Å². The molecule has 0 saturated carbocycles. The van der Waals surface area contributed by atoms with Gasteiger partial charge in [-0.1, -0.05) is 17.7 Å². The molecule has 11 heteroatoms. The van der Waals surface area contributed by atoms with Crippen molar-refractivity contribution in [2.75, 3.05) is 20.7 Å². The molecule has 1 aliphatic heterocycles. The zero-order chi connectivity index (χ0) is 20.9. The van der Waals surface area contributed by atoms with E-state index in [2.05, 4.69) is 15.4 Å². The molecule has 0 aromatic heterocycles. The topological polar surface area (TPSA) is 131 Å². The van der Waals surface area contributed by atoms with Crippen molar-refractivity contribution in [3.05, 3.63) is 29.8 Å². The molecule has 1 saturated heterocycles. The van der Waals surface area contributed by atoms with Gasteiger partial charge in [0.15, 0.2) is 0 Å². The largest absolute Gasteiger partial charge is 0.469 e. The highest BCUT2D eigenvalue weighted by Crippen LogP contribution is 2.31. The molecule has 10 nitrogen and oxygen atoms in total. The monoisotopic (exact) mass is 413 g/mol. The van der Waals surface area contributed by atoms with Crippen molar-refractivity contribution in [1.29, 1.82) is 0 Å². The first-order valence-corrected chi connectivity index (χ1v) is 9.98. The fourth-order valence-corrected chi connectivity index (χ4v) is 4.30. The molecule has 2 rings (SSSR count). The van der Waals surface area contributed by atoms with Crippen molar-refractivity contribution >= 4 is 28.1 Å². The Morgan fingerprint density at radius 2 is 1.89 bits per heavy atom. The lowest BCUT2D eigenvalue weighted by Crippen LogP contribution is -2.43. The highest BCUT2D eigenvalue weighted by molar-refractivity contribution is 7.89. The molecule has 0 unspecified atom stereocenters. The van der Waals surface area contributed by atoms with Crippen LogP contribution in [-0.4, -0.2) is 63.7 Å². The highest BCUT2D eigenvalue weighted by Gasteiger charge is 2.49. The quantitative estimate of drug-likeness (QED) is 0.631. The number of sulfonamides is 1. The Bertz CT molecular complexity index is 839. The second-order valence-corrected chi connectivity index (χ2v) is 7.99. The van der Waals surface area contributed by atoms with Gasteiger partial charge in [-0.15, -0.1) is 0 Å². The van der Waals surface area contributed by atoms with Crippen LogP contribution in [0.2, 0.25) is 0 Å². The zero-order valence-corrected chi connectivity index (χ0v) is 16.6. The number of methoxy groups -OCH3 is 1. The lowest BCUT2D eigenvalue weighted by molar-refractivity contribution is -0.141. The van der Waals surface area contributed by atoms with Gasteiger partial charge in [0, 0.05) is 20.0 Å². The second-order valence-electron chi connectivity index (χ2n) is 6.18. The van der Waals surface area contributed by atoms with Gasteiger partial charge in [0.1, 0.15) is 6.10 Å². The van der Waals surface area contributed by atoms with Gasteiger partial charge in [-0.2, -0.15) is 4.31 Å². The van der Waals surface area contributed by atoms with Crippen molar-refractivity contribution in [1.82, 2.24) is 14.9 Å². The fourth-order valence-electron chi connectivity index (χ4n) is 2.78. The van der Waals surface area contributed by atoms with E-state index >= 15 is 0 Å². The Hall–Kier alpha value is -2.82. The molecule has 0 bridgehead atoms.